The Hall–Kier alpha value is -2.18. The van der Waals surface area contributed by atoms with Crippen LogP contribution in [0, 0.1) is 23.2 Å². The first-order valence-corrected chi connectivity index (χ1v) is 9.07. The Kier molecular flexibility index (Phi) is 6.21. The molecule has 0 N–H and O–H groups in total. The summed E-state index contributed by atoms with van der Waals surface area (Å²) in [5.74, 6) is -4.92. The minimum atomic E-state index is -1.73. The summed E-state index contributed by atoms with van der Waals surface area (Å²) in [4.78, 5) is 51.3. The second kappa shape index (κ2) is 8.01. The van der Waals surface area contributed by atoms with Gasteiger partial charge in [-0.2, -0.15) is 0 Å². The highest BCUT2D eigenvalue weighted by Crippen LogP contribution is 2.53. The molecule has 7 nitrogen and oxygen atoms in total. The number of hydrogen-bond donors (Lipinski definition) is 0. The van der Waals surface area contributed by atoms with Crippen LogP contribution in [0.3, 0.4) is 0 Å². The molecule has 26 heavy (non-hydrogen) atoms. The molecule has 2 rings (SSSR count). The molecule has 1 saturated carbocycles. The van der Waals surface area contributed by atoms with Crippen molar-refractivity contribution in [3.8, 4) is 0 Å². The standard InChI is InChI=1S/C19H26O7/c1-5-24-16(21)13-9-12-8-11(4)15(20)19(10-12,18(23)26-7-3)14(13)17(22)25-6-2/h8,12-14H,5-7,9-10H2,1-4H3/t12-,13-,14+,19+/m1/s1. The first-order valence-electron chi connectivity index (χ1n) is 9.07. The number of allylic oxidation sites excluding steroid dienone is 2. The van der Waals surface area contributed by atoms with Crippen molar-refractivity contribution in [3.63, 3.8) is 0 Å². The van der Waals surface area contributed by atoms with Crippen molar-refractivity contribution in [2.45, 2.75) is 40.5 Å². The van der Waals surface area contributed by atoms with Gasteiger partial charge in [-0.05, 0) is 52.0 Å². The van der Waals surface area contributed by atoms with Crippen molar-refractivity contribution in [3.05, 3.63) is 11.6 Å². The van der Waals surface area contributed by atoms with Gasteiger partial charge in [0.15, 0.2) is 5.78 Å². The van der Waals surface area contributed by atoms with Crippen molar-refractivity contribution in [2.75, 3.05) is 19.8 Å². The third-order valence-electron chi connectivity index (χ3n) is 5.09. The summed E-state index contributed by atoms with van der Waals surface area (Å²) in [5.41, 5.74) is -1.33. The van der Waals surface area contributed by atoms with Gasteiger partial charge in [-0.15, -0.1) is 0 Å². The molecule has 7 heteroatoms. The third kappa shape index (κ3) is 3.27. The molecule has 2 aliphatic rings. The molecular weight excluding hydrogens is 340 g/mol. The monoisotopic (exact) mass is 366 g/mol. The summed E-state index contributed by atoms with van der Waals surface area (Å²) in [6.45, 7) is 6.84. The van der Waals surface area contributed by atoms with E-state index in [4.69, 9.17) is 14.2 Å². The van der Waals surface area contributed by atoms with Gasteiger partial charge in [-0.1, -0.05) is 6.08 Å². The highest BCUT2D eigenvalue weighted by atomic mass is 16.5. The van der Waals surface area contributed by atoms with Crippen molar-refractivity contribution in [1.29, 1.82) is 0 Å². The topological polar surface area (TPSA) is 96.0 Å². The number of fused-ring (bicyclic) bond motifs is 2. The highest BCUT2D eigenvalue weighted by molar-refractivity contribution is 6.15. The average molecular weight is 366 g/mol. The first-order chi connectivity index (χ1) is 12.3. The third-order valence-corrected chi connectivity index (χ3v) is 5.09. The Morgan fingerprint density at radius 1 is 1.04 bits per heavy atom. The van der Waals surface area contributed by atoms with E-state index < -0.39 is 40.9 Å². The molecule has 0 aromatic carbocycles. The molecule has 0 aromatic heterocycles. The molecule has 0 heterocycles. The van der Waals surface area contributed by atoms with E-state index in [9.17, 15) is 19.2 Å². The number of ether oxygens (including phenoxy) is 3. The Morgan fingerprint density at radius 2 is 1.62 bits per heavy atom. The number of ketones is 1. The van der Waals surface area contributed by atoms with Gasteiger partial charge >= 0.3 is 17.9 Å². The van der Waals surface area contributed by atoms with E-state index in [0.717, 1.165) is 0 Å². The van der Waals surface area contributed by atoms with Gasteiger partial charge in [0.2, 0.25) is 0 Å². The van der Waals surface area contributed by atoms with Crippen LogP contribution in [0.5, 0.6) is 0 Å². The molecule has 2 bridgehead atoms. The Morgan fingerprint density at radius 3 is 2.19 bits per heavy atom. The van der Waals surface area contributed by atoms with Crippen LogP contribution in [0.15, 0.2) is 11.6 Å². The quantitative estimate of drug-likeness (QED) is 0.402. The maximum Gasteiger partial charge on any atom is 0.320 e. The zero-order chi connectivity index (χ0) is 19.5. The summed E-state index contributed by atoms with van der Waals surface area (Å²) in [5, 5.41) is 0. The lowest BCUT2D eigenvalue weighted by atomic mass is 9.53. The number of rotatable bonds is 6. The van der Waals surface area contributed by atoms with E-state index in [-0.39, 0.29) is 32.2 Å². The largest absolute Gasteiger partial charge is 0.466 e. The van der Waals surface area contributed by atoms with Gasteiger partial charge in [0.1, 0.15) is 5.41 Å². The molecular formula is C19H26O7. The number of Topliss-reactive ketones (excluding diaryl/α,β-unsaturated/α-hetero) is 1. The predicted molar refractivity (Wildman–Crippen MR) is 90.8 cm³/mol. The molecule has 4 atom stereocenters. The fraction of sp³-hybridized carbons (Fsp3) is 0.684. The maximum atomic E-state index is 13.1. The molecule has 0 spiro atoms. The van der Waals surface area contributed by atoms with Crippen LogP contribution in [0.4, 0.5) is 0 Å². The van der Waals surface area contributed by atoms with Crippen LogP contribution < -0.4 is 0 Å². The Labute approximate surface area is 153 Å². The minimum Gasteiger partial charge on any atom is -0.466 e. The number of hydrogen-bond acceptors (Lipinski definition) is 7. The van der Waals surface area contributed by atoms with E-state index in [1.54, 1.807) is 33.8 Å². The van der Waals surface area contributed by atoms with E-state index in [2.05, 4.69) is 0 Å². The zero-order valence-corrected chi connectivity index (χ0v) is 15.7. The molecule has 2 aliphatic carbocycles. The van der Waals surface area contributed by atoms with Crippen molar-refractivity contribution >= 4 is 23.7 Å². The summed E-state index contributed by atoms with van der Waals surface area (Å²) >= 11 is 0. The lowest BCUT2D eigenvalue weighted by molar-refractivity contribution is -0.186. The second-order valence-corrected chi connectivity index (χ2v) is 6.66. The second-order valence-electron chi connectivity index (χ2n) is 6.66. The molecule has 0 radical (unpaired) electrons. The van der Waals surface area contributed by atoms with Crippen LogP contribution >= 0.6 is 0 Å². The molecule has 0 aromatic rings. The Bertz CT molecular complexity index is 636. The molecule has 1 fully saturated rings. The van der Waals surface area contributed by atoms with Gasteiger partial charge in [0.05, 0.1) is 31.7 Å². The van der Waals surface area contributed by atoms with Crippen LogP contribution in [-0.2, 0) is 33.4 Å². The lowest BCUT2D eigenvalue weighted by Gasteiger charge is -2.47. The maximum absolute atomic E-state index is 13.1. The molecule has 0 amide bonds. The molecule has 0 unspecified atom stereocenters. The van der Waals surface area contributed by atoms with Crippen LogP contribution in [0.2, 0.25) is 0 Å². The van der Waals surface area contributed by atoms with Crippen molar-refractivity contribution < 1.29 is 33.4 Å². The van der Waals surface area contributed by atoms with Crippen LogP contribution in [0.1, 0.15) is 40.5 Å². The van der Waals surface area contributed by atoms with E-state index >= 15 is 0 Å². The molecule has 144 valence electrons. The molecule has 0 aliphatic heterocycles. The number of esters is 3. The SMILES string of the molecule is CCOC(=O)[C@@H]1[C@H](C(=O)OCC)C[C@H]2C=C(C)C(=O)[C@]1(C(=O)OCC)C2. The predicted octanol–water partition coefficient (Wildman–Crippen LogP) is 1.83. The average Bonchev–Trinajstić information content (AvgIpc) is 2.59. The van der Waals surface area contributed by atoms with Crippen molar-refractivity contribution in [1.82, 2.24) is 0 Å². The number of carbonyl (C=O) groups is 4. The zero-order valence-electron chi connectivity index (χ0n) is 15.7. The van der Waals surface area contributed by atoms with E-state index in [0.29, 0.717) is 12.0 Å². The van der Waals surface area contributed by atoms with Gasteiger partial charge in [-0.3, -0.25) is 19.2 Å². The van der Waals surface area contributed by atoms with Gasteiger partial charge in [0, 0.05) is 0 Å². The summed E-state index contributed by atoms with van der Waals surface area (Å²) < 4.78 is 15.4. The first kappa shape index (κ1) is 20.1. The van der Waals surface area contributed by atoms with E-state index in [1.165, 1.54) is 0 Å². The van der Waals surface area contributed by atoms with Crippen LogP contribution in [-0.4, -0.2) is 43.5 Å². The lowest BCUT2D eigenvalue weighted by Crippen LogP contribution is -2.59. The fourth-order valence-electron chi connectivity index (χ4n) is 4.21. The van der Waals surface area contributed by atoms with Gasteiger partial charge in [0.25, 0.3) is 0 Å². The summed E-state index contributed by atoms with van der Waals surface area (Å²) in [6.07, 6.45) is 2.24. The van der Waals surface area contributed by atoms with Gasteiger partial charge < -0.3 is 14.2 Å². The van der Waals surface area contributed by atoms with E-state index in [1.807, 2.05) is 0 Å². The highest BCUT2D eigenvalue weighted by Gasteiger charge is 2.65. The minimum absolute atomic E-state index is 0.0703. The number of carbonyl (C=O) groups excluding carboxylic acids is 4. The molecule has 0 saturated heterocycles. The van der Waals surface area contributed by atoms with Gasteiger partial charge in [-0.25, -0.2) is 0 Å². The summed E-state index contributed by atoms with van der Waals surface area (Å²) in [6, 6.07) is 0. The summed E-state index contributed by atoms with van der Waals surface area (Å²) in [7, 11) is 0. The van der Waals surface area contributed by atoms with Crippen molar-refractivity contribution in [2.24, 2.45) is 23.2 Å². The van der Waals surface area contributed by atoms with Crippen LogP contribution in [0.25, 0.3) is 0 Å². The normalized spacial score (nSPS) is 30.2. The Balaban J connectivity index is 2.62. The smallest absolute Gasteiger partial charge is 0.320 e. The fourth-order valence-corrected chi connectivity index (χ4v) is 4.21.